The summed E-state index contributed by atoms with van der Waals surface area (Å²) in [7, 11) is 0. The maximum atomic E-state index is 6.52. The molecule has 0 aromatic heterocycles. The van der Waals surface area contributed by atoms with E-state index in [4.69, 9.17) is 5.73 Å². The first-order valence-corrected chi connectivity index (χ1v) is 7.91. The maximum absolute atomic E-state index is 6.52. The fourth-order valence-corrected chi connectivity index (χ4v) is 2.90. The summed E-state index contributed by atoms with van der Waals surface area (Å²) in [6, 6.07) is 10.6. The molecule has 0 aliphatic heterocycles. The predicted molar refractivity (Wildman–Crippen MR) is 97.0 cm³/mol. The first-order chi connectivity index (χ1) is 9.45. The summed E-state index contributed by atoms with van der Waals surface area (Å²) in [6.07, 6.45) is 9.30. The Labute approximate surface area is 137 Å². The van der Waals surface area contributed by atoms with Gasteiger partial charge in [-0.15, -0.1) is 19.0 Å². The molecule has 1 nitrogen and oxygen atoms in total. The van der Waals surface area contributed by atoms with E-state index < -0.39 is 0 Å². The van der Waals surface area contributed by atoms with Gasteiger partial charge in [-0.3, -0.25) is 0 Å². The van der Waals surface area contributed by atoms with E-state index in [0.29, 0.717) is 0 Å². The summed E-state index contributed by atoms with van der Waals surface area (Å²) in [5, 5.41) is 0. The molecule has 0 heterocycles. The molecule has 21 heavy (non-hydrogen) atoms. The molecule has 0 aliphatic carbocycles. The molecule has 1 rings (SSSR count). The largest absolute Gasteiger partial charge is 0.325 e. The standard InChI is InChI=1S/C19H31N.ClH/c1-5-7-8-12-15-19(6-2,18(3,4)20)16-17-13-10-9-11-14-17;/h6,9-11,13-14H,2,5,7-8,12,15-16,20H2,1,3-4H3;1H. The SMILES string of the molecule is C=CC(CCCCCC)(Cc1ccccc1)C(C)(C)N.Cl. The predicted octanol–water partition coefficient (Wildman–Crippen LogP) is 5.53. The smallest absolute Gasteiger partial charge is 0.0192 e. The normalized spacial score (nSPS) is 14.1. The Balaban J connectivity index is 0.00000400. The topological polar surface area (TPSA) is 26.0 Å². The zero-order chi connectivity index (χ0) is 15.1. The highest BCUT2D eigenvalue weighted by molar-refractivity contribution is 5.85. The molecule has 0 saturated heterocycles. The zero-order valence-electron chi connectivity index (χ0n) is 13.9. The van der Waals surface area contributed by atoms with Crippen LogP contribution in [0.2, 0.25) is 0 Å². The van der Waals surface area contributed by atoms with Crippen molar-refractivity contribution in [2.75, 3.05) is 0 Å². The molecule has 2 N–H and O–H groups in total. The van der Waals surface area contributed by atoms with Crippen LogP contribution in [0.15, 0.2) is 43.0 Å². The summed E-state index contributed by atoms with van der Waals surface area (Å²) in [5.74, 6) is 0. The van der Waals surface area contributed by atoms with E-state index in [1.807, 2.05) is 0 Å². The first kappa shape index (κ1) is 20.2. The van der Waals surface area contributed by atoms with E-state index in [2.05, 4.69) is 63.8 Å². The van der Waals surface area contributed by atoms with Crippen LogP contribution in [0, 0.1) is 5.41 Å². The van der Waals surface area contributed by atoms with Gasteiger partial charge in [0.05, 0.1) is 0 Å². The summed E-state index contributed by atoms with van der Waals surface area (Å²) < 4.78 is 0. The molecule has 1 aromatic rings. The Morgan fingerprint density at radius 2 is 1.71 bits per heavy atom. The van der Waals surface area contributed by atoms with Crippen LogP contribution in [0.5, 0.6) is 0 Å². The van der Waals surface area contributed by atoms with Gasteiger partial charge in [0.1, 0.15) is 0 Å². The Morgan fingerprint density at radius 1 is 1.10 bits per heavy atom. The van der Waals surface area contributed by atoms with Gasteiger partial charge >= 0.3 is 0 Å². The molecule has 0 radical (unpaired) electrons. The molecule has 0 bridgehead atoms. The molecular weight excluding hydrogens is 278 g/mol. The third-order valence-electron chi connectivity index (χ3n) is 4.51. The van der Waals surface area contributed by atoms with E-state index in [0.717, 1.165) is 12.8 Å². The lowest BCUT2D eigenvalue weighted by molar-refractivity contribution is 0.192. The lowest BCUT2D eigenvalue weighted by atomic mass is 9.65. The second kappa shape index (κ2) is 9.27. The average molecular weight is 310 g/mol. The van der Waals surface area contributed by atoms with Gasteiger partial charge in [-0.1, -0.05) is 69.0 Å². The second-order valence-corrected chi connectivity index (χ2v) is 6.55. The Kier molecular flexibility index (Phi) is 8.92. The van der Waals surface area contributed by atoms with Gasteiger partial charge < -0.3 is 5.73 Å². The van der Waals surface area contributed by atoms with Gasteiger partial charge in [0.2, 0.25) is 0 Å². The Hall–Kier alpha value is -0.790. The maximum Gasteiger partial charge on any atom is 0.0192 e. The van der Waals surface area contributed by atoms with E-state index in [1.54, 1.807) is 0 Å². The van der Waals surface area contributed by atoms with Crippen molar-refractivity contribution in [2.45, 2.75) is 64.8 Å². The minimum absolute atomic E-state index is 0. The lowest BCUT2D eigenvalue weighted by Gasteiger charge is -2.43. The van der Waals surface area contributed by atoms with Crippen LogP contribution >= 0.6 is 12.4 Å². The highest BCUT2D eigenvalue weighted by atomic mass is 35.5. The summed E-state index contributed by atoms with van der Waals surface area (Å²) in [4.78, 5) is 0. The van der Waals surface area contributed by atoms with Crippen LogP contribution in [0.3, 0.4) is 0 Å². The fraction of sp³-hybridized carbons (Fsp3) is 0.579. The molecule has 0 saturated carbocycles. The average Bonchev–Trinajstić information content (AvgIpc) is 2.42. The van der Waals surface area contributed by atoms with Gasteiger partial charge in [0.25, 0.3) is 0 Å². The summed E-state index contributed by atoms with van der Waals surface area (Å²) in [6.45, 7) is 10.6. The van der Waals surface area contributed by atoms with E-state index in [9.17, 15) is 0 Å². The molecule has 1 unspecified atom stereocenters. The summed E-state index contributed by atoms with van der Waals surface area (Å²) >= 11 is 0. The van der Waals surface area contributed by atoms with Crippen LogP contribution in [-0.2, 0) is 6.42 Å². The highest BCUT2D eigenvalue weighted by Gasteiger charge is 2.39. The fourth-order valence-electron chi connectivity index (χ4n) is 2.90. The quantitative estimate of drug-likeness (QED) is 0.471. The van der Waals surface area contributed by atoms with Gasteiger partial charge in [0, 0.05) is 11.0 Å². The molecule has 0 fully saturated rings. The van der Waals surface area contributed by atoms with Crippen molar-refractivity contribution in [3.05, 3.63) is 48.6 Å². The number of hydrogen-bond donors (Lipinski definition) is 1. The molecular formula is C19H32ClN. The Morgan fingerprint density at radius 3 is 2.19 bits per heavy atom. The molecule has 1 aromatic carbocycles. The molecule has 2 heteroatoms. The van der Waals surface area contributed by atoms with Crippen molar-refractivity contribution in [3.8, 4) is 0 Å². The van der Waals surface area contributed by atoms with Crippen molar-refractivity contribution in [3.63, 3.8) is 0 Å². The zero-order valence-corrected chi connectivity index (χ0v) is 14.7. The number of unbranched alkanes of at least 4 members (excludes halogenated alkanes) is 3. The number of benzene rings is 1. The lowest BCUT2D eigenvalue weighted by Crippen LogP contribution is -2.51. The monoisotopic (exact) mass is 309 g/mol. The van der Waals surface area contributed by atoms with E-state index in [1.165, 1.54) is 31.2 Å². The minimum atomic E-state index is -0.253. The van der Waals surface area contributed by atoms with E-state index >= 15 is 0 Å². The molecule has 1 atom stereocenters. The number of nitrogens with two attached hydrogens (primary N) is 1. The molecule has 120 valence electrons. The first-order valence-electron chi connectivity index (χ1n) is 7.91. The van der Waals surface area contributed by atoms with E-state index in [-0.39, 0.29) is 23.4 Å². The number of halogens is 1. The third kappa shape index (κ3) is 5.84. The van der Waals surface area contributed by atoms with Crippen molar-refractivity contribution in [2.24, 2.45) is 11.1 Å². The van der Waals surface area contributed by atoms with Crippen LogP contribution in [0.1, 0.15) is 58.4 Å². The molecule has 0 amide bonds. The van der Waals surface area contributed by atoms with Gasteiger partial charge in [-0.25, -0.2) is 0 Å². The van der Waals surface area contributed by atoms with Crippen LogP contribution in [0.4, 0.5) is 0 Å². The van der Waals surface area contributed by atoms with Crippen molar-refractivity contribution >= 4 is 12.4 Å². The number of hydrogen-bond acceptors (Lipinski definition) is 1. The molecule has 0 spiro atoms. The third-order valence-corrected chi connectivity index (χ3v) is 4.51. The summed E-state index contributed by atoms with van der Waals surface area (Å²) in [5.41, 5.74) is 7.59. The van der Waals surface area contributed by atoms with Gasteiger partial charge in [-0.05, 0) is 32.3 Å². The minimum Gasteiger partial charge on any atom is -0.325 e. The van der Waals surface area contributed by atoms with Gasteiger partial charge in [-0.2, -0.15) is 0 Å². The second-order valence-electron chi connectivity index (χ2n) is 6.55. The molecule has 0 aliphatic rings. The Bertz CT molecular complexity index is 394. The van der Waals surface area contributed by atoms with Crippen molar-refractivity contribution in [1.29, 1.82) is 0 Å². The van der Waals surface area contributed by atoms with Crippen molar-refractivity contribution in [1.82, 2.24) is 0 Å². The van der Waals surface area contributed by atoms with Crippen molar-refractivity contribution < 1.29 is 0 Å². The van der Waals surface area contributed by atoms with Gasteiger partial charge in [0.15, 0.2) is 0 Å². The van der Waals surface area contributed by atoms with Crippen LogP contribution in [0.25, 0.3) is 0 Å². The highest BCUT2D eigenvalue weighted by Crippen LogP contribution is 2.39. The van der Waals surface area contributed by atoms with Crippen LogP contribution in [-0.4, -0.2) is 5.54 Å². The number of rotatable bonds is 9. The van der Waals surface area contributed by atoms with Crippen LogP contribution < -0.4 is 5.73 Å².